The molecule has 22 heavy (non-hydrogen) atoms. The van der Waals surface area contributed by atoms with Crippen molar-refractivity contribution in [2.75, 3.05) is 20.1 Å². The molecule has 4 rings (SSSR count). The zero-order valence-corrected chi connectivity index (χ0v) is 14.0. The first-order chi connectivity index (χ1) is 10.7. The second-order valence-corrected chi connectivity index (χ2v) is 7.30. The Hall–Kier alpha value is -1.64. The van der Waals surface area contributed by atoms with Crippen LogP contribution in [0.5, 0.6) is 0 Å². The summed E-state index contributed by atoms with van der Waals surface area (Å²) in [6, 6.07) is 11.2. The Morgan fingerprint density at radius 1 is 0.955 bits per heavy atom. The maximum Gasteiger partial charge on any atom is 0.0351 e. The summed E-state index contributed by atoms with van der Waals surface area (Å²) in [7, 11) is 2.23. The van der Waals surface area contributed by atoms with E-state index in [-0.39, 0.29) is 0 Å². The molecular weight excluding hydrogens is 286 g/mol. The summed E-state index contributed by atoms with van der Waals surface area (Å²) in [5, 5.41) is 2.23. The number of nitrogens with zero attached hydrogens (tertiary/aromatic N) is 1. The molecule has 1 aromatic carbocycles. The van der Waals surface area contributed by atoms with Crippen LogP contribution in [0.3, 0.4) is 0 Å². The maximum atomic E-state index is 2.44. The van der Waals surface area contributed by atoms with Gasteiger partial charge in [-0.2, -0.15) is 0 Å². The van der Waals surface area contributed by atoms with Gasteiger partial charge < -0.3 is 4.90 Å². The molecule has 2 aliphatic rings. The highest BCUT2D eigenvalue weighted by molar-refractivity contribution is 7.11. The molecule has 2 heteroatoms. The van der Waals surface area contributed by atoms with E-state index < -0.39 is 0 Å². The van der Waals surface area contributed by atoms with Crippen LogP contribution < -0.4 is 0 Å². The van der Waals surface area contributed by atoms with Crippen molar-refractivity contribution in [2.24, 2.45) is 0 Å². The zero-order valence-electron chi connectivity index (χ0n) is 13.2. The molecule has 0 atom stereocenters. The van der Waals surface area contributed by atoms with Gasteiger partial charge >= 0.3 is 0 Å². The van der Waals surface area contributed by atoms with E-state index in [1.807, 2.05) is 11.3 Å². The molecule has 112 valence electrons. The number of allylic oxidation sites excluding steroid dienone is 1. The summed E-state index contributed by atoms with van der Waals surface area (Å²) in [6.45, 7) is 4.59. The fourth-order valence-corrected chi connectivity index (χ4v) is 4.52. The molecule has 0 spiro atoms. The van der Waals surface area contributed by atoms with Gasteiger partial charge in [0, 0.05) is 23.5 Å². The van der Waals surface area contributed by atoms with Gasteiger partial charge in [0.25, 0.3) is 0 Å². The SMILES string of the molecule is CC1=Cc2sccc2C(=C2CCN(C)CC2)c2ccccc21. The van der Waals surface area contributed by atoms with Crippen molar-refractivity contribution in [3.05, 3.63) is 62.9 Å². The first kappa shape index (κ1) is 14.0. The molecule has 1 fully saturated rings. The monoisotopic (exact) mass is 307 g/mol. The van der Waals surface area contributed by atoms with Crippen LogP contribution >= 0.6 is 11.3 Å². The van der Waals surface area contributed by atoms with Crippen molar-refractivity contribution in [3.63, 3.8) is 0 Å². The maximum absolute atomic E-state index is 2.44. The Bertz CT molecular complexity index is 769. The minimum atomic E-state index is 1.17. The molecule has 2 heterocycles. The molecule has 1 aliphatic carbocycles. The third-order valence-electron chi connectivity index (χ3n) is 4.88. The lowest BCUT2D eigenvalue weighted by Gasteiger charge is -2.27. The van der Waals surface area contributed by atoms with E-state index in [0.717, 1.165) is 0 Å². The smallest absolute Gasteiger partial charge is 0.0351 e. The lowest BCUT2D eigenvalue weighted by Crippen LogP contribution is -2.27. The topological polar surface area (TPSA) is 3.24 Å². The van der Waals surface area contributed by atoms with Crippen LogP contribution in [-0.2, 0) is 0 Å². The molecule has 0 N–H and O–H groups in total. The number of thiophene rings is 1. The molecule has 0 amide bonds. The molecule has 1 aromatic heterocycles. The molecular formula is C20H21NS. The van der Waals surface area contributed by atoms with Crippen LogP contribution in [0.4, 0.5) is 0 Å². The number of rotatable bonds is 0. The Morgan fingerprint density at radius 3 is 2.45 bits per heavy atom. The second-order valence-electron chi connectivity index (χ2n) is 6.35. The summed E-state index contributed by atoms with van der Waals surface area (Å²) in [4.78, 5) is 3.85. The molecule has 1 aliphatic heterocycles. The van der Waals surface area contributed by atoms with Crippen molar-refractivity contribution in [1.82, 2.24) is 4.90 Å². The summed E-state index contributed by atoms with van der Waals surface area (Å²) in [6.07, 6.45) is 4.74. The molecule has 0 unspecified atom stereocenters. The standard InChI is InChI=1S/C20H21NS/c1-14-13-19-18(9-12-22-19)20(15-7-10-21(2)11-8-15)17-6-4-3-5-16(14)17/h3-6,9,12-13H,7-8,10-11H2,1-2H3. The number of hydrogen-bond donors (Lipinski definition) is 0. The summed E-state index contributed by atoms with van der Waals surface area (Å²) < 4.78 is 0. The molecule has 1 saturated heterocycles. The predicted molar refractivity (Wildman–Crippen MR) is 97.1 cm³/mol. The molecule has 0 saturated carbocycles. The molecule has 2 aromatic rings. The van der Waals surface area contributed by atoms with Crippen molar-refractivity contribution >= 4 is 28.6 Å². The Morgan fingerprint density at radius 2 is 1.68 bits per heavy atom. The number of hydrogen-bond acceptors (Lipinski definition) is 2. The molecule has 1 nitrogen and oxygen atoms in total. The second kappa shape index (κ2) is 5.53. The van der Waals surface area contributed by atoms with Crippen LogP contribution in [0.1, 0.15) is 41.3 Å². The van der Waals surface area contributed by atoms with Crippen molar-refractivity contribution in [1.29, 1.82) is 0 Å². The van der Waals surface area contributed by atoms with Crippen molar-refractivity contribution in [2.45, 2.75) is 19.8 Å². The van der Waals surface area contributed by atoms with Crippen molar-refractivity contribution in [3.8, 4) is 0 Å². The van der Waals surface area contributed by atoms with E-state index in [2.05, 4.69) is 60.7 Å². The first-order valence-electron chi connectivity index (χ1n) is 8.00. The first-order valence-corrected chi connectivity index (χ1v) is 8.88. The number of piperidine rings is 1. The number of benzene rings is 1. The van der Waals surface area contributed by atoms with Gasteiger partial charge in [0.2, 0.25) is 0 Å². The fourth-order valence-electron chi connectivity index (χ4n) is 3.62. The van der Waals surface area contributed by atoms with Gasteiger partial charge in [-0.05, 0) is 66.6 Å². The average Bonchev–Trinajstić information content (AvgIpc) is 2.93. The van der Waals surface area contributed by atoms with Crippen LogP contribution in [-0.4, -0.2) is 25.0 Å². The van der Waals surface area contributed by atoms with E-state index in [1.54, 1.807) is 5.57 Å². The number of fused-ring (bicyclic) bond motifs is 2. The Labute approximate surface area is 136 Å². The number of likely N-dealkylation sites (tertiary alicyclic amines) is 1. The Balaban J connectivity index is 1.97. The fraction of sp³-hybridized carbons (Fsp3) is 0.300. The lowest BCUT2D eigenvalue weighted by atomic mass is 9.87. The van der Waals surface area contributed by atoms with Crippen LogP contribution in [0.2, 0.25) is 0 Å². The van der Waals surface area contributed by atoms with E-state index in [0.29, 0.717) is 0 Å². The van der Waals surface area contributed by atoms with Crippen LogP contribution in [0.15, 0.2) is 41.3 Å². The van der Waals surface area contributed by atoms with E-state index >= 15 is 0 Å². The highest BCUT2D eigenvalue weighted by Gasteiger charge is 2.23. The van der Waals surface area contributed by atoms with Gasteiger partial charge in [-0.15, -0.1) is 11.3 Å². The highest BCUT2D eigenvalue weighted by atomic mass is 32.1. The van der Waals surface area contributed by atoms with E-state index in [4.69, 9.17) is 0 Å². The lowest BCUT2D eigenvalue weighted by molar-refractivity contribution is 0.313. The molecule has 0 radical (unpaired) electrons. The van der Waals surface area contributed by atoms with Gasteiger partial charge in [0.15, 0.2) is 0 Å². The third kappa shape index (κ3) is 2.27. The van der Waals surface area contributed by atoms with Gasteiger partial charge in [0.05, 0.1) is 0 Å². The highest BCUT2D eigenvalue weighted by Crippen LogP contribution is 2.42. The van der Waals surface area contributed by atoms with Gasteiger partial charge in [-0.25, -0.2) is 0 Å². The van der Waals surface area contributed by atoms with Gasteiger partial charge in [0.1, 0.15) is 0 Å². The minimum absolute atomic E-state index is 1.17. The predicted octanol–water partition coefficient (Wildman–Crippen LogP) is 5.15. The Kier molecular flexibility index (Phi) is 3.51. The minimum Gasteiger partial charge on any atom is -0.306 e. The average molecular weight is 307 g/mol. The van der Waals surface area contributed by atoms with Gasteiger partial charge in [-0.3, -0.25) is 0 Å². The van der Waals surface area contributed by atoms with E-state index in [1.165, 1.54) is 58.6 Å². The van der Waals surface area contributed by atoms with Crippen LogP contribution in [0, 0.1) is 0 Å². The summed E-state index contributed by atoms with van der Waals surface area (Å²) in [5.41, 5.74) is 8.78. The summed E-state index contributed by atoms with van der Waals surface area (Å²) in [5.74, 6) is 0. The quantitative estimate of drug-likeness (QED) is 0.650. The molecule has 0 bridgehead atoms. The van der Waals surface area contributed by atoms with Crippen molar-refractivity contribution < 1.29 is 0 Å². The largest absolute Gasteiger partial charge is 0.306 e. The van der Waals surface area contributed by atoms with Crippen LogP contribution in [0.25, 0.3) is 17.2 Å². The zero-order chi connectivity index (χ0) is 15.1. The van der Waals surface area contributed by atoms with E-state index in [9.17, 15) is 0 Å². The summed E-state index contributed by atoms with van der Waals surface area (Å²) >= 11 is 1.86. The third-order valence-corrected chi connectivity index (χ3v) is 5.74. The normalized spacial score (nSPS) is 18.5. The van der Waals surface area contributed by atoms with Gasteiger partial charge in [-0.1, -0.05) is 29.8 Å².